The molecular weight excluding hydrogens is 445 g/mol. The maximum Gasteiger partial charge on any atom is 0.407 e. The lowest BCUT2D eigenvalue weighted by Crippen LogP contribution is -2.51. The van der Waals surface area contributed by atoms with Gasteiger partial charge in [0.05, 0.1) is 6.61 Å². The number of hydrogen-bond acceptors (Lipinski definition) is 4. The Morgan fingerprint density at radius 2 is 1.89 bits per heavy atom. The van der Waals surface area contributed by atoms with Gasteiger partial charge in [-0.3, -0.25) is 4.79 Å². The first-order valence-corrected chi connectivity index (χ1v) is 13.8. The van der Waals surface area contributed by atoms with Gasteiger partial charge in [-0.15, -0.1) is 0 Å². The van der Waals surface area contributed by atoms with Crippen LogP contribution >= 0.6 is 0 Å². The Balaban J connectivity index is 1.25. The zero-order chi connectivity index (χ0) is 24.4. The van der Waals surface area contributed by atoms with Crippen LogP contribution in [0.15, 0.2) is 18.2 Å². The third-order valence-corrected chi connectivity index (χ3v) is 8.93. The summed E-state index contributed by atoms with van der Waals surface area (Å²) in [5.74, 6) is 0.162. The fourth-order valence-electron chi connectivity index (χ4n) is 6.66. The molecule has 192 valence electrons. The number of ether oxygens (including phenoxy) is 1. The Morgan fingerprint density at radius 3 is 2.60 bits per heavy atom. The van der Waals surface area contributed by atoms with Gasteiger partial charge in [-0.25, -0.2) is 9.18 Å². The highest BCUT2D eigenvalue weighted by Crippen LogP contribution is 2.49. The maximum absolute atomic E-state index is 14.3. The zero-order valence-electron chi connectivity index (χ0n) is 21.1. The van der Waals surface area contributed by atoms with Crippen LogP contribution in [0.25, 0.3) is 0 Å². The largest absolute Gasteiger partial charge is 0.450 e. The van der Waals surface area contributed by atoms with Gasteiger partial charge < -0.3 is 19.9 Å². The smallest absolute Gasteiger partial charge is 0.407 e. The summed E-state index contributed by atoms with van der Waals surface area (Å²) >= 11 is 0. The van der Waals surface area contributed by atoms with Gasteiger partial charge in [-0.2, -0.15) is 0 Å². The van der Waals surface area contributed by atoms with E-state index in [0.717, 1.165) is 88.5 Å². The minimum Gasteiger partial charge on any atom is -0.450 e. The number of piperidine rings is 1. The summed E-state index contributed by atoms with van der Waals surface area (Å²) in [6.45, 7) is 5.03. The van der Waals surface area contributed by atoms with Crippen LogP contribution < -0.4 is 10.2 Å². The van der Waals surface area contributed by atoms with Crippen molar-refractivity contribution in [2.45, 2.75) is 95.1 Å². The zero-order valence-corrected chi connectivity index (χ0v) is 21.1. The normalized spacial score (nSPS) is 26.6. The molecule has 2 aliphatic carbocycles. The number of rotatable bonds is 5. The van der Waals surface area contributed by atoms with Gasteiger partial charge in [0.25, 0.3) is 0 Å². The number of benzene rings is 1. The third-order valence-electron chi connectivity index (χ3n) is 8.93. The van der Waals surface area contributed by atoms with Crippen molar-refractivity contribution in [3.05, 3.63) is 29.6 Å². The summed E-state index contributed by atoms with van der Waals surface area (Å²) in [5.41, 5.74) is 1.81. The van der Waals surface area contributed by atoms with Gasteiger partial charge in [-0.05, 0) is 88.2 Å². The molecule has 2 heterocycles. The number of nitrogens with zero attached hydrogens (tertiary/aromatic N) is 2. The van der Waals surface area contributed by atoms with Crippen LogP contribution in [0.4, 0.5) is 14.9 Å². The van der Waals surface area contributed by atoms with Crippen molar-refractivity contribution >= 4 is 17.7 Å². The van der Waals surface area contributed by atoms with E-state index in [9.17, 15) is 14.0 Å². The second kappa shape index (κ2) is 10.5. The Labute approximate surface area is 208 Å². The van der Waals surface area contributed by atoms with E-state index in [-0.39, 0.29) is 35.2 Å². The second-order valence-corrected chi connectivity index (χ2v) is 11.2. The van der Waals surface area contributed by atoms with E-state index in [4.69, 9.17) is 4.74 Å². The van der Waals surface area contributed by atoms with Crippen LogP contribution in [0.2, 0.25) is 0 Å². The minimum atomic E-state index is -0.295. The summed E-state index contributed by atoms with van der Waals surface area (Å²) in [6.07, 6.45) is 10.9. The van der Waals surface area contributed by atoms with Crippen LogP contribution in [0.1, 0.15) is 83.1 Å². The molecular formula is C28H40FN3O3. The molecule has 4 aliphatic rings. The maximum atomic E-state index is 14.3. The molecule has 7 heteroatoms. The van der Waals surface area contributed by atoms with E-state index in [2.05, 4.69) is 10.2 Å². The first kappa shape index (κ1) is 24.5. The molecule has 35 heavy (non-hydrogen) atoms. The van der Waals surface area contributed by atoms with Crippen LogP contribution in [-0.4, -0.2) is 55.2 Å². The molecule has 1 saturated heterocycles. The van der Waals surface area contributed by atoms with Crippen molar-refractivity contribution in [2.24, 2.45) is 5.92 Å². The average molecular weight is 486 g/mol. The lowest BCUT2D eigenvalue weighted by molar-refractivity contribution is -0.124. The fourth-order valence-corrected chi connectivity index (χ4v) is 6.66. The molecule has 2 saturated carbocycles. The Bertz CT molecular complexity index is 926. The van der Waals surface area contributed by atoms with Gasteiger partial charge in [0.15, 0.2) is 0 Å². The van der Waals surface area contributed by atoms with E-state index in [0.29, 0.717) is 19.2 Å². The number of likely N-dealkylation sites (tertiary alicyclic amines) is 1. The number of halogens is 1. The number of alkyl carbamates (subject to hydrolysis) is 1. The molecule has 5 rings (SSSR count). The van der Waals surface area contributed by atoms with Crippen LogP contribution in [0.3, 0.4) is 0 Å². The summed E-state index contributed by atoms with van der Waals surface area (Å²) in [4.78, 5) is 29.9. The molecule has 1 spiro atoms. The molecule has 2 amide bonds. The van der Waals surface area contributed by atoms with Crippen molar-refractivity contribution < 1.29 is 18.7 Å². The number of fused-ring (bicyclic) bond motifs is 2. The van der Waals surface area contributed by atoms with Crippen LogP contribution in [0, 0.1) is 11.7 Å². The van der Waals surface area contributed by atoms with Gasteiger partial charge in [0.1, 0.15) is 5.82 Å². The first-order valence-electron chi connectivity index (χ1n) is 13.8. The monoisotopic (exact) mass is 485 g/mol. The van der Waals surface area contributed by atoms with Gasteiger partial charge in [0.2, 0.25) is 5.91 Å². The summed E-state index contributed by atoms with van der Waals surface area (Å²) < 4.78 is 19.6. The molecule has 0 bridgehead atoms. The quantitative estimate of drug-likeness (QED) is 0.587. The predicted molar refractivity (Wildman–Crippen MR) is 134 cm³/mol. The van der Waals surface area contributed by atoms with Crippen molar-refractivity contribution in [1.82, 2.24) is 10.2 Å². The van der Waals surface area contributed by atoms with Crippen LogP contribution in [0.5, 0.6) is 0 Å². The average Bonchev–Trinajstić information content (AvgIpc) is 2.95. The lowest BCUT2D eigenvalue weighted by atomic mass is 9.73. The predicted octanol–water partition coefficient (Wildman–Crippen LogP) is 5.14. The summed E-state index contributed by atoms with van der Waals surface area (Å²) in [5, 5.41) is 3.10. The standard InChI is InChI=1S/C28H40FN3O3/c1-2-16-35-27(34)30-22-8-3-4-9-23(18-22)31-14-12-28(13-15-31)19-32(26(33)20-6-5-7-20)25-11-10-21(29)17-24(25)28/h10-11,17,20,22-23H,2-9,12-16,18-19H2,1H3,(H,30,34). The Kier molecular flexibility index (Phi) is 7.33. The summed E-state index contributed by atoms with van der Waals surface area (Å²) in [6, 6.07) is 5.60. The first-order chi connectivity index (χ1) is 17.0. The molecule has 1 aromatic carbocycles. The van der Waals surface area contributed by atoms with E-state index in [1.54, 1.807) is 6.07 Å². The van der Waals surface area contributed by atoms with E-state index >= 15 is 0 Å². The minimum absolute atomic E-state index is 0.141. The molecule has 2 unspecified atom stereocenters. The van der Waals surface area contributed by atoms with E-state index in [1.807, 2.05) is 17.9 Å². The highest BCUT2D eigenvalue weighted by atomic mass is 19.1. The molecule has 2 aliphatic heterocycles. The topological polar surface area (TPSA) is 61.9 Å². The molecule has 0 aromatic heterocycles. The fraction of sp³-hybridized carbons (Fsp3) is 0.714. The Hall–Kier alpha value is -2.15. The Morgan fingerprint density at radius 1 is 1.11 bits per heavy atom. The number of anilines is 1. The molecule has 6 nitrogen and oxygen atoms in total. The van der Waals surface area contributed by atoms with Gasteiger partial charge in [0, 0.05) is 35.6 Å². The lowest BCUT2D eigenvalue weighted by Gasteiger charge is -2.43. The van der Waals surface area contributed by atoms with E-state index in [1.165, 1.54) is 12.5 Å². The van der Waals surface area contributed by atoms with Crippen molar-refractivity contribution in [1.29, 1.82) is 0 Å². The van der Waals surface area contributed by atoms with Crippen LogP contribution in [-0.2, 0) is 14.9 Å². The molecule has 2 atom stereocenters. The second-order valence-electron chi connectivity index (χ2n) is 11.2. The SMILES string of the molecule is CCCOC(=O)NC1CCCCC(N2CCC3(CC2)CN(C(=O)C2CCC2)c2ccc(F)cc23)C1. The number of carbonyl (C=O) groups excluding carboxylic acids is 2. The number of nitrogens with one attached hydrogen (secondary N) is 1. The number of amides is 2. The summed E-state index contributed by atoms with van der Waals surface area (Å²) in [7, 11) is 0. The van der Waals surface area contributed by atoms with Gasteiger partial charge in [-0.1, -0.05) is 26.2 Å². The highest BCUT2D eigenvalue weighted by molar-refractivity contribution is 5.98. The molecule has 0 radical (unpaired) electrons. The number of carbonyl (C=O) groups is 2. The highest BCUT2D eigenvalue weighted by Gasteiger charge is 2.48. The van der Waals surface area contributed by atoms with Gasteiger partial charge >= 0.3 is 6.09 Å². The third kappa shape index (κ3) is 5.07. The van der Waals surface area contributed by atoms with Crippen molar-refractivity contribution in [3.8, 4) is 0 Å². The molecule has 1 N–H and O–H groups in total. The van der Waals surface area contributed by atoms with Crippen molar-refractivity contribution in [3.63, 3.8) is 0 Å². The molecule has 3 fully saturated rings. The molecule has 1 aromatic rings. The van der Waals surface area contributed by atoms with Crippen molar-refractivity contribution in [2.75, 3.05) is 31.1 Å². The number of hydrogen-bond donors (Lipinski definition) is 1. The van der Waals surface area contributed by atoms with E-state index < -0.39 is 0 Å².